The Balaban J connectivity index is 1.65. The smallest absolute Gasteiger partial charge is 0.359 e. The first-order chi connectivity index (χ1) is 13.1. The number of hydrogen-bond donors (Lipinski definition) is 0. The van der Waals surface area contributed by atoms with E-state index in [9.17, 15) is 4.79 Å². The van der Waals surface area contributed by atoms with E-state index in [1.54, 1.807) is 54.3 Å². The molecular weight excluding hydrogens is 372 g/mol. The largest absolute Gasteiger partial charge is 0.463 e. The molecule has 0 saturated carbocycles. The highest BCUT2D eigenvalue weighted by Gasteiger charge is 2.20. The fourth-order valence-electron chi connectivity index (χ4n) is 2.48. The molecular formula is C18H13ClN4O4. The van der Waals surface area contributed by atoms with E-state index in [4.69, 9.17) is 25.2 Å². The van der Waals surface area contributed by atoms with Crippen LogP contribution in [-0.4, -0.2) is 25.9 Å². The fourth-order valence-corrected chi connectivity index (χ4v) is 2.67. The predicted molar refractivity (Wildman–Crippen MR) is 94.4 cm³/mol. The van der Waals surface area contributed by atoms with Gasteiger partial charge < -0.3 is 13.6 Å². The minimum absolute atomic E-state index is 0.109. The van der Waals surface area contributed by atoms with E-state index in [0.717, 1.165) is 0 Å². The number of benzene rings is 1. The standard InChI is InChI=1S/C18H13ClN4O4/c1-11-20-21-17(27-11)10-26-18(24)14-9-15(16-6-3-7-25-16)23(22-14)13-5-2-4-12(19)8-13/h2-9H,10H2,1H3. The first kappa shape index (κ1) is 17.0. The Labute approximate surface area is 158 Å². The minimum atomic E-state index is -0.626. The second kappa shape index (κ2) is 7.08. The molecule has 0 aliphatic heterocycles. The zero-order chi connectivity index (χ0) is 18.8. The lowest BCUT2D eigenvalue weighted by molar-refractivity contribution is 0.0429. The van der Waals surface area contributed by atoms with Gasteiger partial charge in [0.05, 0.1) is 12.0 Å². The number of halogens is 1. The van der Waals surface area contributed by atoms with Gasteiger partial charge in [-0.15, -0.1) is 10.2 Å². The van der Waals surface area contributed by atoms with Crippen LogP contribution in [-0.2, 0) is 11.3 Å². The highest BCUT2D eigenvalue weighted by Crippen LogP contribution is 2.26. The molecule has 1 aromatic carbocycles. The number of esters is 1. The van der Waals surface area contributed by atoms with Crippen molar-refractivity contribution in [1.82, 2.24) is 20.0 Å². The molecule has 0 aliphatic rings. The molecule has 27 heavy (non-hydrogen) atoms. The Morgan fingerprint density at radius 1 is 1.22 bits per heavy atom. The van der Waals surface area contributed by atoms with Gasteiger partial charge in [0.1, 0.15) is 5.69 Å². The van der Waals surface area contributed by atoms with Crippen LogP contribution in [0.2, 0.25) is 5.02 Å². The molecule has 0 bridgehead atoms. The molecule has 0 amide bonds. The van der Waals surface area contributed by atoms with Gasteiger partial charge in [-0.25, -0.2) is 9.48 Å². The van der Waals surface area contributed by atoms with E-state index in [1.165, 1.54) is 0 Å². The molecule has 136 valence electrons. The summed E-state index contributed by atoms with van der Waals surface area (Å²) in [5.41, 5.74) is 1.38. The quantitative estimate of drug-likeness (QED) is 0.482. The average Bonchev–Trinajstić information content (AvgIpc) is 3.39. The van der Waals surface area contributed by atoms with Crippen LogP contribution in [0.15, 0.2) is 57.6 Å². The molecule has 4 rings (SSSR count). The number of ether oxygens (including phenoxy) is 1. The van der Waals surface area contributed by atoms with Crippen molar-refractivity contribution >= 4 is 17.6 Å². The summed E-state index contributed by atoms with van der Waals surface area (Å²) in [4.78, 5) is 12.4. The van der Waals surface area contributed by atoms with Gasteiger partial charge in [-0.3, -0.25) is 0 Å². The second-order valence-electron chi connectivity index (χ2n) is 5.57. The monoisotopic (exact) mass is 384 g/mol. The molecule has 4 aromatic rings. The Morgan fingerprint density at radius 2 is 2.11 bits per heavy atom. The summed E-state index contributed by atoms with van der Waals surface area (Å²) < 4.78 is 17.4. The predicted octanol–water partition coefficient (Wildman–Crippen LogP) is 3.83. The van der Waals surface area contributed by atoms with Crippen LogP contribution in [0.1, 0.15) is 22.3 Å². The van der Waals surface area contributed by atoms with E-state index >= 15 is 0 Å². The van der Waals surface area contributed by atoms with Crippen LogP contribution in [0.5, 0.6) is 0 Å². The first-order valence-electron chi connectivity index (χ1n) is 7.96. The van der Waals surface area contributed by atoms with Gasteiger partial charge in [-0.2, -0.15) is 5.10 Å². The summed E-state index contributed by atoms with van der Waals surface area (Å²) in [6.45, 7) is 1.51. The Hall–Kier alpha value is -3.39. The molecule has 0 aliphatic carbocycles. The zero-order valence-corrected chi connectivity index (χ0v) is 14.9. The van der Waals surface area contributed by atoms with Crippen LogP contribution in [0, 0.1) is 6.92 Å². The van der Waals surface area contributed by atoms with Gasteiger partial charge in [-0.1, -0.05) is 17.7 Å². The van der Waals surface area contributed by atoms with Gasteiger partial charge in [-0.05, 0) is 30.3 Å². The van der Waals surface area contributed by atoms with Crippen molar-refractivity contribution < 1.29 is 18.4 Å². The molecule has 3 aromatic heterocycles. The number of aryl methyl sites for hydroxylation is 1. The fraction of sp³-hybridized carbons (Fsp3) is 0.111. The maximum absolute atomic E-state index is 12.4. The SMILES string of the molecule is Cc1nnc(COC(=O)c2cc(-c3ccco3)n(-c3cccc(Cl)c3)n2)o1. The third-order valence-corrected chi connectivity index (χ3v) is 3.87. The van der Waals surface area contributed by atoms with Crippen LogP contribution in [0.3, 0.4) is 0 Å². The number of furan rings is 1. The zero-order valence-electron chi connectivity index (χ0n) is 14.1. The van der Waals surface area contributed by atoms with Gasteiger partial charge in [0.15, 0.2) is 18.1 Å². The second-order valence-corrected chi connectivity index (χ2v) is 6.01. The summed E-state index contributed by atoms with van der Waals surface area (Å²) >= 11 is 6.08. The topological polar surface area (TPSA) is 96.2 Å². The maximum Gasteiger partial charge on any atom is 0.359 e. The van der Waals surface area contributed by atoms with Crippen molar-refractivity contribution in [3.8, 4) is 17.1 Å². The van der Waals surface area contributed by atoms with Crippen molar-refractivity contribution in [1.29, 1.82) is 0 Å². The number of rotatable bonds is 5. The lowest BCUT2D eigenvalue weighted by Crippen LogP contribution is -2.07. The van der Waals surface area contributed by atoms with Gasteiger partial charge in [0, 0.05) is 18.0 Å². The van der Waals surface area contributed by atoms with Crippen molar-refractivity contribution in [2.45, 2.75) is 13.5 Å². The summed E-state index contributed by atoms with van der Waals surface area (Å²) in [5, 5.41) is 12.4. The number of nitrogens with zero attached hydrogens (tertiary/aromatic N) is 4. The normalized spacial score (nSPS) is 10.9. The van der Waals surface area contributed by atoms with Crippen molar-refractivity contribution in [3.05, 3.63) is 71.2 Å². The van der Waals surface area contributed by atoms with Crippen LogP contribution >= 0.6 is 11.6 Å². The van der Waals surface area contributed by atoms with E-state index < -0.39 is 5.97 Å². The van der Waals surface area contributed by atoms with E-state index in [-0.39, 0.29) is 18.2 Å². The average molecular weight is 385 g/mol. The number of carbonyl (C=O) groups excluding carboxylic acids is 1. The van der Waals surface area contributed by atoms with Gasteiger partial charge in [0.2, 0.25) is 5.89 Å². The molecule has 9 heteroatoms. The third kappa shape index (κ3) is 3.61. The van der Waals surface area contributed by atoms with Crippen LogP contribution in [0.25, 0.3) is 17.1 Å². The lowest BCUT2D eigenvalue weighted by atomic mass is 10.2. The summed E-state index contributed by atoms with van der Waals surface area (Å²) in [7, 11) is 0. The van der Waals surface area contributed by atoms with Crippen molar-refractivity contribution in [2.75, 3.05) is 0 Å². The van der Waals surface area contributed by atoms with E-state index in [2.05, 4.69) is 15.3 Å². The Morgan fingerprint density at radius 3 is 2.81 bits per heavy atom. The Bertz CT molecular complexity index is 1080. The highest BCUT2D eigenvalue weighted by atomic mass is 35.5. The van der Waals surface area contributed by atoms with Crippen LogP contribution < -0.4 is 0 Å². The molecule has 0 saturated heterocycles. The van der Waals surface area contributed by atoms with Crippen molar-refractivity contribution in [2.24, 2.45) is 0 Å². The van der Waals surface area contributed by atoms with Gasteiger partial charge in [0.25, 0.3) is 5.89 Å². The molecule has 0 spiro atoms. The minimum Gasteiger partial charge on any atom is -0.463 e. The highest BCUT2D eigenvalue weighted by molar-refractivity contribution is 6.30. The summed E-state index contributed by atoms with van der Waals surface area (Å²) in [6, 6.07) is 12.2. The van der Waals surface area contributed by atoms with Gasteiger partial charge >= 0.3 is 5.97 Å². The van der Waals surface area contributed by atoms with E-state index in [0.29, 0.717) is 28.1 Å². The molecule has 0 atom stereocenters. The third-order valence-electron chi connectivity index (χ3n) is 3.64. The van der Waals surface area contributed by atoms with Crippen molar-refractivity contribution in [3.63, 3.8) is 0 Å². The molecule has 0 unspecified atom stereocenters. The molecule has 0 fully saturated rings. The lowest BCUT2D eigenvalue weighted by Gasteiger charge is -2.05. The molecule has 8 nitrogen and oxygen atoms in total. The number of aromatic nitrogens is 4. The first-order valence-corrected chi connectivity index (χ1v) is 8.34. The number of hydrogen-bond acceptors (Lipinski definition) is 7. The maximum atomic E-state index is 12.4. The van der Waals surface area contributed by atoms with E-state index in [1.807, 2.05) is 6.07 Å². The van der Waals surface area contributed by atoms with Crippen LogP contribution in [0.4, 0.5) is 0 Å². The molecule has 0 radical (unpaired) electrons. The number of carbonyl (C=O) groups is 1. The molecule has 0 N–H and O–H groups in total. The Kier molecular flexibility index (Phi) is 4.47. The summed E-state index contributed by atoms with van der Waals surface area (Å²) in [6.07, 6.45) is 1.54. The summed E-state index contributed by atoms with van der Waals surface area (Å²) in [5.74, 6) is 0.529. The molecule has 3 heterocycles.